The Labute approximate surface area is 161 Å². The maximum atomic E-state index is 12.1. The third kappa shape index (κ3) is 5.55. The van der Waals surface area contributed by atoms with Gasteiger partial charge in [0.25, 0.3) is 0 Å². The average Bonchev–Trinajstić information content (AvgIpc) is 3.12. The number of carbonyl (C=O) groups excluding carboxylic acids is 1. The fourth-order valence-corrected chi connectivity index (χ4v) is 3.26. The van der Waals surface area contributed by atoms with Crippen LogP contribution in [0.4, 0.5) is 0 Å². The average molecular weight is 390 g/mol. The maximum Gasteiger partial charge on any atom is 0.326 e. The minimum Gasteiger partial charge on any atom is -0.493 e. The van der Waals surface area contributed by atoms with Crippen molar-refractivity contribution < 1.29 is 24.2 Å². The first-order valence-corrected chi connectivity index (χ1v) is 9.16. The lowest BCUT2D eigenvalue weighted by Crippen LogP contribution is -2.41. The predicted octanol–water partition coefficient (Wildman–Crippen LogP) is 2.91. The molecule has 7 nitrogen and oxygen atoms in total. The van der Waals surface area contributed by atoms with Crippen LogP contribution in [0.15, 0.2) is 36.2 Å². The van der Waals surface area contributed by atoms with E-state index in [1.165, 1.54) is 11.3 Å². The van der Waals surface area contributed by atoms with Gasteiger partial charge in [0.05, 0.1) is 26.3 Å². The SMILES string of the molecule is C=CCCC(NC(=O)Cc1csc(-c2ccc(OC)c(OC)c2)n1)C(=O)O. The smallest absolute Gasteiger partial charge is 0.326 e. The molecule has 2 N–H and O–H groups in total. The molecular formula is C19H22N2O5S. The summed E-state index contributed by atoms with van der Waals surface area (Å²) in [4.78, 5) is 27.8. The Morgan fingerprint density at radius 2 is 2.07 bits per heavy atom. The molecule has 2 rings (SSSR count). The number of allylic oxidation sites excluding steroid dienone is 1. The molecule has 0 radical (unpaired) electrons. The number of hydrogen-bond donors (Lipinski definition) is 2. The van der Waals surface area contributed by atoms with Crippen molar-refractivity contribution in [2.24, 2.45) is 0 Å². The Hall–Kier alpha value is -2.87. The number of carboxylic acid groups (broad SMARTS) is 1. The molecule has 0 aliphatic heterocycles. The largest absolute Gasteiger partial charge is 0.493 e. The molecule has 144 valence electrons. The van der Waals surface area contributed by atoms with Crippen LogP contribution < -0.4 is 14.8 Å². The van der Waals surface area contributed by atoms with Gasteiger partial charge in [-0.2, -0.15) is 0 Å². The zero-order valence-electron chi connectivity index (χ0n) is 15.2. The summed E-state index contributed by atoms with van der Waals surface area (Å²) in [5, 5.41) is 14.2. The number of hydrogen-bond acceptors (Lipinski definition) is 6. The molecule has 0 aliphatic rings. The van der Waals surface area contributed by atoms with Crippen LogP contribution in [0.25, 0.3) is 10.6 Å². The van der Waals surface area contributed by atoms with E-state index in [2.05, 4.69) is 16.9 Å². The number of thiazole rings is 1. The molecule has 8 heteroatoms. The zero-order valence-corrected chi connectivity index (χ0v) is 16.0. The lowest BCUT2D eigenvalue weighted by atomic mass is 10.1. The Morgan fingerprint density at radius 1 is 1.33 bits per heavy atom. The van der Waals surface area contributed by atoms with Crippen molar-refractivity contribution in [2.45, 2.75) is 25.3 Å². The molecule has 1 heterocycles. The zero-order chi connectivity index (χ0) is 19.8. The lowest BCUT2D eigenvalue weighted by Gasteiger charge is -2.13. The number of aliphatic carboxylic acids is 1. The van der Waals surface area contributed by atoms with Gasteiger partial charge in [0.2, 0.25) is 5.91 Å². The van der Waals surface area contributed by atoms with Crippen LogP contribution in [0.5, 0.6) is 11.5 Å². The van der Waals surface area contributed by atoms with E-state index in [0.29, 0.717) is 30.0 Å². The number of methoxy groups -OCH3 is 2. The molecule has 0 aliphatic carbocycles. The van der Waals surface area contributed by atoms with Gasteiger partial charge in [-0.05, 0) is 31.0 Å². The second kappa shape index (κ2) is 9.72. The molecule has 27 heavy (non-hydrogen) atoms. The standard InChI is InChI=1S/C19H22N2O5S/c1-4-5-6-14(19(23)24)21-17(22)10-13-11-27-18(20-13)12-7-8-15(25-2)16(9-12)26-3/h4,7-9,11,14H,1,5-6,10H2,2-3H3,(H,21,22)(H,23,24). The van der Waals surface area contributed by atoms with Crippen molar-refractivity contribution in [3.05, 3.63) is 41.9 Å². The van der Waals surface area contributed by atoms with Crippen LogP contribution in [-0.2, 0) is 16.0 Å². The van der Waals surface area contributed by atoms with Gasteiger partial charge in [0.1, 0.15) is 11.0 Å². The van der Waals surface area contributed by atoms with E-state index in [-0.39, 0.29) is 12.3 Å². The van der Waals surface area contributed by atoms with Crippen molar-refractivity contribution in [3.63, 3.8) is 0 Å². The number of carbonyl (C=O) groups is 2. The fraction of sp³-hybridized carbons (Fsp3) is 0.316. The first kappa shape index (κ1) is 20.4. The number of amides is 1. The number of nitrogens with zero attached hydrogens (tertiary/aromatic N) is 1. The van der Waals surface area contributed by atoms with Crippen molar-refractivity contribution in [2.75, 3.05) is 14.2 Å². The normalized spacial score (nSPS) is 11.5. The second-order valence-electron chi connectivity index (χ2n) is 5.71. The number of carboxylic acids is 1. The first-order valence-electron chi connectivity index (χ1n) is 8.28. The van der Waals surface area contributed by atoms with E-state index < -0.39 is 12.0 Å². The van der Waals surface area contributed by atoms with E-state index >= 15 is 0 Å². The summed E-state index contributed by atoms with van der Waals surface area (Å²) in [5.41, 5.74) is 1.42. The van der Waals surface area contributed by atoms with Crippen LogP contribution in [0.3, 0.4) is 0 Å². The number of aromatic nitrogens is 1. The van der Waals surface area contributed by atoms with Crippen LogP contribution in [0, 0.1) is 0 Å². The van der Waals surface area contributed by atoms with E-state index in [1.54, 1.807) is 31.7 Å². The summed E-state index contributed by atoms with van der Waals surface area (Å²) < 4.78 is 10.5. The summed E-state index contributed by atoms with van der Waals surface area (Å²) >= 11 is 1.40. The Balaban J connectivity index is 2.06. The summed E-state index contributed by atoms with van der Waals surface area (Å²) in [6, 6.07) is 4.54. The monoisotopic (exact) mass is 390 g/mol. The first-order chi connectivity index (χ1) is 13.0. The Bertz CT molecular complexity index is 818. The van der Waals surface area contributed by atoms with E-state index in [4.69, 9.17) is 9.47 Å². The lowest BCUT2D eigenvalue weighted by molar-refractivity contribution is -0.141. The summed E-state index contributed by atoms with van der Waals surface area (Å²) in [5.74, 6) is -0.224. The summed E-state index contributed by atoms with van der Waals surface area (Å²) in [6.07, 6.45) is 2.45. The van der Waals surface area contributed by atoms with E-state index in [1.807, 2.05) is 12.1 Å². The molecule has 0 saturated carbocycles. The number of benzene rings is 1. The predicted molar refractivity (Wildman–Crippen MR) is 103 cm³/mol. The van der Waals surface area contributed by atoms with Crippen LogP contribution in [-0.4, -0.2) is 42.2 Å². The highest BCUT2D eigenvalue weighted by Crippen LogP contribution is 2.33. The van der Waals surface area contributed by atoms with Crippen LogP contribution >= 0.6 is 11.3 Å². The highest BCUT2D eigenvalue weighted by Gasteiger charge is 2.20. The Kier molecular flexibility index (Phi) is 7.36. The molecule has 0 spiro atoms. The van der Waals surface area contributed by atoms with Gasteiger partial charge in [-0.3, -0.25) is 4.79 Å². The molecule has 1 unspecified atom stereocenters. The molecule has 1 amide bonds. The second-order valence-corrected chi connectivity index (χ2v) is 6.57. The van der Waals surface area contributed by atoms with E-state index in [9.17, 15) is 14.7 Å². The summed E-state index contributed by atoms with van der Waals surface area (Å²) in [6.45, 7) is 3.56. The highest BCUT2D eigenvalue weighted by molar-refractivity contribution is 7.13. The van der Waals surface area contributed by atoms with Gasteiger partial charge in [-0.1, -0.05) is 6.08 Å². The van der Waals surface area contributed by atoms with Crippen molar-refractivity contribution in [3.8, 4) is 22.1 Å². The molecule has 1 aromatic carbocycles. The summed E-state index contributed by atoms with van der Waals surface area (Å²) in [7, 11) is 3.13. The molecule has 0 bridgehead atoms. The third-order valence-corrected chi connectivity index (χ3v) is 4.76. The van der Waals surface area contributed by atoms with Gasteiger partial charge in [0, 0.05) is 10.9 Å². The number of rotatable bonds is 10. The quantitative estimate of drug-likeness (QED) is 0.606. The van der Waals surface area contributed by atoms with E-state index in [0.717, 1.165) is 10.6 Å². The van der Waals surface area contributed by atoms with Gasteiger partial charge in [-0.25, -0.2) is 9.78 Å². The molecule has 0 saturated heterocycles. The molecular weight excluding hydrogens is 368 g/mol. The van der Waals surface area contributed by atoms with Crippen molar-refractivity contribution in [1.29, 1.82) is 0 Å². The van der Waals surface area contributed by atoms with Gasteiger partial charge >= 0.3 is 5.97 Å². The van der Waals surface area contributed by atoms with Gasteiger partial charge in [0.15, 0.2) is 11.5 Å². The molecule has 0 fully saturated rings. The highest BCUT2D eigenvalue weighted by atomic mass is 32.1. The molecule has 1 aromatic heterocycles. The minimum absolute atomic E-state index is 0.0155. The fourth-order valence-electron chi connectivity index (χ4n) is 2.44. The topological polar surface area (TPSA) is 97.8 Å². The third-order valence-electron chi connectivity index (χ3n) is 3.82. The Morgan fingerprint density at radius 3 is 2.70 bits per heavy atom. The number of nitrogens with one attached hydrogen (secondary N) is 1. The molecule has 2 aromatic rings. The maximum absolute atomic E-state index is 12.1. The molecule has 1 atom stereocenters. The minimum atomic E-state index is -1.06. The van der Waals surface area contributed by atoms with Crippen LogP contribution in [0.1, 0.15) is 18.5 Å². The van der Waals surface area contributed by atoms with Crippen LogP contribution in [0.2, 0.25) is 0 Å². The van der Waals surface area contributed by atoms with Crippen molar-refractivity contribution in [1.82, 2.24) is 10.3 Å². The van der Waals surface area contributed by atoms with Gasteiger partial charge in [-0.15, -0.1) is 17.9 Å². The van der Waals surface area contributed by atoms with Gasteiger partial charge < -0.3 is 19.9 Å². The number of ether oxygens (including phenoxy) is 2. The van der Waals surface area contributed by atoms with Crippen molar-refractivity contribution >= 4 is 23.2 Å².